The van der Waals surface area contributed by atoms with E-state index in [2.05, 4.69) is 10.3 Å². The van der Waals surface area contributed by atoms with Crippen molar-refractivity contribution in [3.63, 3.8) is 0 Å². The lowest BCUT2D eigenvalue weighted by Crippen LogP contribution is -2.22. The lowest BCUT2D eigenvalue weighted by Gasteiger charge is -2.17. The molecule has 0 bridgehead atoms. The molecule has 0 saturated heterocycles. The van der Waals surface area contributed by atoms with E-state index in [-0.39, 0.29) is 11.5 Å². The minimum absolute atomic E-state index is 0.0873. The molecule has 0 unspecified atom stereocenters. The van der Waals surface area contributed by atoms with Crippen LogP contribution >= 0.6 is 11.6 Å². The van der Waals surface area contributed by atoms with E-state index in [1.54, 1.807) is 25.3 Å². The highest BCUT2D eigenvalue weighted by atomic mass is 35.5. The molecular weight excluding hydrogens is 290 g/mol. The van der Waals surface area contributed by atoms with Gasteiger partial charge in [0.25, 0.3) is 0 Å². The van der Waals surface area contributed by atoms with Crippen LogP contribution in [0.4, 0.5) is 5.69 Å². The Morgan fingerprint density at radius 1 is 1.38 bits per heavy atom. The second kappa shape index (κ2) is 6.45. The zero-order valence-electron chi connectivity index (χ0n) is 11.8. The van der Waals surface area contributed by atoms with Crippen molar-refractivity contribution in [3.8, 4) is 5.75 Å². The summed E-state index contributed by atoms with van der Waals surface area (Å²) in [5.74, 6) is 0.550. The number of aliphatic imine (C=N–C) groups is 1. The molecule has 3 N–H and O–H groups in total. The van der Waals surface area contributed by atoms with Crippen molar-refractivity contribution in [1.29, 1.82) is 5.41 Å². The van der Waals surface area contributed by atoms with Crippen molar-refractivity contribution in [2.45, 2.75) is 6.92 Å². The predicted molar refractivity (Wildman–Crippen MR) is 84.8 cm³/mol. The van der Waals surface area contributed by atoms with E-state index in [4.69, 9.17) is 21.7 Å². The number of phenolic OH excluding ortho intramolecular Hbond substituents is 1. The number of rotatable bonds is 4. The second-order valence-electron chi connectivity index (χ2n) is 4.30. The fourth-order valence-corrected chi connectivity index (χ4v) is 2.07. The summed E-state index contributed by atoms with van der Waals surface area (Å²) in [4.78, 5) is 4.47. The Bertz CT molecular complexity index is 663. The van der Waals surface area contributed by atoms with Crippen LogP contribution in [0.5, 0.6) is 5.75 Å². The van der Waals surface area contributed by atoms with Crippen molar-refractivity contribution in [3.05, 3.63) is 46.8 Å². The summed E-state index contributed by atoms with van der Waals surface area (Å²) in [5.41, 5.74) is 2.14. The van der Waals surface area contributed by atoms with Gasteiger partial charge in [0.05, 0.1) is 34.4 Å². The maximum atomic E-state index is 9.37. The van der Waals surface area contributed by atoms with Crippen molar-refractivity contribution >= 4 is 28.7 Å². The average molecular weight is 306 g/mol. The van der Waals surface area contributed by atoms with E-state index in [9.17, 15) is 5.11 Å². The number of allylic oxidation sites excluding steroid dienone is 2. The lowest BCUT2D eigenvalue weighted by molar-refractivity contribution is 0.250. The van der Waals surface area contributed by atoms with Crippen LogP contribution in [-0.4, -0.2) is 30.2 Å². The first kappa shape index (κ1) is 15.1. The summed E-state index contributed by atoms with van der Waals surface area (Å²) in [7, 11) is 1.76. The maximum Gasteiger partial charge on any atom is 0.146 e. The van der Waals surface area contributed by atoms with Crippen LogP contribution in [-0.2, 0) is 4.74 Å². The molecule has 1 aliphatic carbocycles. The molecule has 110 valence electrons. The molecule has 0 spiro atoms. The smallest absolute Gasteiger partial charge is 0.146 e. The number of phenols is 1. The van der Waals surface area contributed by atoms with Gasteiger partial charge in [0.15, 0.2) is 0 Å². The molecular formula is C15H16ClN3O2. The first-order valence-corrected chi connectivity index (χ1v) is 6.83. The number of nitrogens with zero attached hydrogens (tertiary/aromatic N) is 1. The van der Waals surface area contributed by atoms with Crippen LogP contribution in [0.3, 0.4) is 0 Å². The number of nitrogens with one attached hydrogen (secondary N) is 2. The van der Waals surface area contributed by atoms with Gasteiger partial charge in [-0.15, -0.1) is 0 Å². The van der Waals surface area contributed by atoms with E-state index < -0.39 is 0 Å². The van der Waals surface area contributed by atoms with Gasteiger partial charge in [-0.3, -0.25) is 5.41 Å². The molecule has 0 aromatic heterocycles. The molecule has 2 rings (SSSR count). The van der Waals surface area contributed by atoms with Gasteiger partial charge in [-0.2, -0.15) is 0 Å². The van der Waals surface area contributed by atoms with E-state index >= 15 is 0 Å². The molecule has 6 heteroatoms. The summed E-state index contributed by atoms with van der Waals surface area (Å²) in [6.45, 7) is 2.34. The van der Waals surface area contributed by atoms with Gasteiger partial charge in [-0.05, 0) is 25.1 Å². The summed E-state index contributed by atoms with van der Waals surface area (Å²) >= 11 is 6.06. The van der Waals surface area contributed by atoms with Crippen molar-refractivity contribution in [2.24, 2.45) is 4.99 Å². The number of ether oxygens (including phenoxy) is 1. The second-order valence-corrected chi connectivity index (χ2v) is 4.70. The first-order valence-electron chi connectivity index (χ1n) is 6.45. The molecule has 0 heterocycles. The normalized spacial score (nSPS) is 16.5. The van der Waals surface area contributed by atoms with Crippen LogP contribution in [0.25, 0.3) is 0 Å². The molecule has 1 aromatic rings. The van der Waals surface area contributed by atoms with Gasteiger partial charge in [-0.25, -0.2) is 4.99 Å². The van der Waals surface area contributed by atoms with Crippen molar-refractivity contribution in [2.75, 3.05) is 13.7 Å². The zero-order valence-corrected chi connectivity index (χ0v) is 12.5. The Labute approximate surface area is 128 Å². The Balaban J connectivity index is 2.45. The van der Waals surface area contributed by atoms with Gasteiger partial charge in [-0.1, -0.05) is 11.6 Å². The minimum Gasteiger partial charge on any atom is -0.508 e. The fourth-order valence-electron chi connectivity index (χ4n) is 1.85. The summed E-state index contributed by atoms with van der Waals surface area (Å²) in [6.07, 6.45) is 3.35. The molecule has 0 saturated carbocycles. The van der Waals surface area contributed by atoms with Crippen molar-refractivity contribution in [1.82, 2.24) is 5.32 Å². The van der Waals surface area contributed by atoms with Crippen LogP contribution in [0.15, 0.2) is 46.8 Å². The maximum absolute atomic E-state index is 9.37. The number of hydrogen-bond donors (Lipinski definition) is 3. The van der Waals surface area contributed by atoms with E-state index in [0.717, 1.165) is 0 Å². The third-order valence-electron chi connectivity index (χ3n) is 2.84. The van der Waals surface area contributed by atoms with Crippen LogP contribution in [0.1, 0.15) is 6.92 Å². The molecule has 5 nitrogen and oxygen atoms in total. The standard InChI is InChI=1S/C15H16ClN3O2/c1-3-21-15-8-14(13(18-2)7-11(15)17)19-12-5-4-9(20)6-10(12)16/h4-8,17-18,20H,3H2,1-2H3/b17-11?,19-14+. The number of benzene rings is 1. The summed E-state index contributed by atoms with van der Waals surface area (Å²) in [6, 6.07) is 4.58. The van der Waals surface area contributed by atoms with E-state index in [1.807, 2.05) is 6.92 Å². The Kier molecular flexibility index (Phi) is 4.65. The first-order chi connectivity index (χ1) is 10.0. The highest BCUT2D eigenvalue weighted by Crippen LogP contribution is 2.29. The minimum atomic E-state index is 0.0873. The third kappa shape index (κ3) is 3.44. The Hall–Kier alpha value is -2.27. The SMILES string of the molecule is CCOC1=C/C(=N\c2ccc(O)cc2Cl)C(NC)=CC1=N. The van der Waals surface area contributed by atoms with Crippen molar-refractivity contribution < 1.29 is 9.84 Å². The quantitative estimate of drug-likeness (QED) is 0.748. The third-order valence-corrected chi connectivity index (χ3v) is 3.14. The summed E-state index contributed by atoms with van der Waals surface area (Å²) < 4.78 is 5.42. The van der Waals surface area contributed by atoms with Gasteiger partial charge >= 0.3 is 0 Å². The lowest BCUT2D eigenvalue weighted by atomic mass is 10.1. The average Bonchev–Trinajstić information content (AvgIpc) is 2.45. The number of hydrogen-bond acceptors (Lipinski definition) is 5. The number of aromatic hydroxyl groups is 1. The largest absolute Gasteiger partial charge is 0.508 e. The van der Waals surface area contributed by atoms with Crippen LogP contribution < -0.4 is 5.32 Å². The van der Waals surface area contributed by atoms with Crippen LogP contribution in [0, 0.1) is 5.41 Å². The molecule has 1 aliphatic rings. The molecule has 1 aromatic carbocycles. The molecule has 0 amide bonds. The Morgan fingerprint density at radius 2 is 2.14 bits per heavy atom. The fraction of sp³-hybridized carbons (Fsp3) is 0.200. The molecule has 21 heavy (non-hydrogen) atoms. The molecule has 0 fully saturated rings. The Morgan fingerprint density at radius 3 is 2.76 bits per heavy atom. The highest BCUT2D eigenvalue weighted by molar-refractivity contribution is 6.33. The topological polar surface area (TPSA) is 77.7 Å². The monoisotopic (exact) mass is 305 g/mol. The van der Waals surface area contributed by atoms with Gasteiger partial charge in [0.2, 0.25) is 0 Å². The van der Waals surface area contributed by atoms with E-state index in [1.165, 1.54) is 12.1 Å². The van der Waals surface area contributed by atoms with E-state index in [0.29, 0.717) is 34.5 Å². The predicted octanol–water partition coefficient (Wildman–Crippen LogP) is 3.18. The van der Waals surface area contributed by atoms with Gasteiger partial charge in [0.1, 0.15) is 11.5 Å². The van der Waals surface area contributed by atoms with Gasteiger partial charge < -0.3 is 15.2 Å². The highest BCUT2D eigenvalue weighted by Gasteiger charge is 2.17. The van der Waals surface area contributed by atoms with Crippen LogP contribution in [0.2, 0.25) is 5.02 Å². The van der Waals surface area contributed by atoms with Gasteiger partial charge in [0, 0.05) is 19.2 Å². The summed E-state index contributed by atoms with van der Waals surface area (Å²) in [5, 5.41) is 20.6. The molecule has 0 aliphatic heterocycles. The number of halogens is 1. The zero-order chi connectivity index (χ0) is 15.4. The molecule has 0 radical (unpaired) electrons. The molecule has 0 atom stereocenters.